The topological polar surface area (TPSA) is 77.5 Å². The van der Waals surface area contributed by atoms with E-state index < -0.39 is 0 Å². The van der Waals surface area contributed by atoms with Crippen LogP contribution in [-0.2, 0) is 17.6 Å². The number of nitrogens with one attached hydrogen (secondary N) is 1. The number of nitrogens with zero attached hydrogens (tertiary/aromatic N) is 1. The van der Waals surface area contributed by atoms with E-state index in [2.05, 4.69) is 12.2 Å². The van der Waals surface area contributed by atoms with Gasteiger partial charge in [-0.25, -0.2) is 9.78 Å². The summed E-state index contributed by atoms with van der Waals surface area (Å²) < 4.78 is 10.7. The van der Waals surface area contributed by atoms with Gasteiger partial charge in [-0.15, -0.1) is 11.3 Å². The van der Waals surface area contributed by atoms with E-state index in [0.29, 0.717) is 22.0 Å². The summed E-state index contributed by atoms with van der Waals surface area (Å²) in [5.41, 5.74) is 5.23. The van der Waals surface area contributed by atoms with Gasteiger partial charge in [0.1, 0.15) is 10.8 Å². The van der Waals surface area contributed by atoms with Gasteiger partial charge in [0.05, 0.1) is 36.1 Å². The van der Waals surface area contributed by atoms with Gasteiger partial charge in [-0.3, -0.25) is 4.79 Å². The number of ether oxygens (including phenoxy) is 2. The minimum absolute atomic E-state index is 0.257. The van der Waals surface area contributed by atoms with Crippen molar-refractivity contribution in [3.63, 3.8) is 0 Å². The molecule has 0 spiro atoms. The average molecular weight is 529 g/mol. The SMILES string of the molecule is CCOC(=O)c1c(NC(=O)c2c(C)c(-c3ccc(OC)cc3)nc3ccccc23)sc2c1CCC(CC)C2. The molecule has 7 heteroatoms. The summed E-state index contributed by atoms with van der Waals surface area (Å²) in [6.07, 6.45) is 3.90. The molecule has 2 aromatic heterocycles. The fourth-order valence-electron chi connectivity index (χ4n) is 5.31. The van der Waals surface area contributed by atoms with E-state index in [0.717, 1.165) is 64.7 Å². The molecule has 1 unspecified atom stereocenters. The number of fused-ring (bicyclic) bond motifs is 2. The Morgan fingerprint density at radius 1 is 1.08 bits per heavy atom. The molecule has 2 aromatic carbocycles. The van der Waals surface area contributed by atoms with Crippen molar-refractivity contribution in [2.45, 2.75) is 46.5 Å². The van der Waals surface area contributed by atoms with Crippen molar-refractivity contribution in [2.75, 3.05) is 19.0 Å². The van der Waals surface area contributed by atoms with E-state index in [9.17, 15) is 9.59 Å². The molecule has 1 N–H and O–H groups in total. The number of esters is 1. The van der Waals surface area contributed by atoms with E-state index >= 15 is 0 Å². The van der Waals surface area contributed by atoms with E-state index in [4.69, 9.17) is 14.5 Å². The van der Waals surface area contributed by atoms with E-state index in [1.807, 2.05) is 55.5 Å². The quantitative estimate of drug-likeness (QED) is 0.256. The van der Waals surface area contributed by atoms with E-state index in [-0.39, 0.29) is 18.5 Å². The third-order valence-corrected chi connectivity index (χ3v) is 8.55. The first-order chi connectivity index (χ1) is 18.4. The number of methoxy groups -OCH3 is 1. The molecule has 4 aromatic rings. The zero-order valence-electron chi connectivity index (χ0n) is 22.2. The summed E-state index contributed by atoms with van der Waals surface area (Å²) in [5.74, 6) is 0.722. The van der Waals surface area contributed by atoms with Crippen LogP contribution in [0.4, 0.5) is 5.00 Å². The van der Waals surface area contributed by atoms with Crippen molar-refractivity contribution in [1.29, 1.82) is 0 Å². The van der Waals surface area contributed by atoms with Gasteiger partial charge in [0.15, 0.2) is 0 Å². The van der Waals surface area contributed by atoms with Crippen LogP contribution in [0, 0.1) is 12.8 Å². The monoisotopic (exact) mass is 528 g/mol. The van der Waals surface area contributed by atoms with E-state index in [1.165, 1.54) is 16.2 Å². The molecule has 0 aliphatic heterocycles. The summed E-state index contributed by atoms with van der Waals surface area (Å²) >= 11 is 1.51. The number of hydrogen-bond acceptors (Lipinski definition) is 6. The highest BCUT2D eigenvalue weighted by Crippen LogP contribution is 2.41. The number of amides is 1. The molecule has 0 saturated heterocycles. The van der Waals surface area contributed by atoms with Gasteiger partial charge in [0, 0.05) is 15.8 Å². The number of aromatic nitrogens is 1. The molecule has 1 aliphatic rings. The molecule has 0 fully saturated rings. The van der Waals surface area contributed by atoms with Crippen LogP contribution in [0.15, 0.2) is 48.5 Å². The van der Waals surface area contributed by atoms with Crippen LogP contribution in [0.25, 0.3) is 22.2 Å². The van der Waals surface area contributed by atoms with Gasteiger partial charge < -0.3 is 14.8 Å². The number of benzene rings is 2. The molecule has 1 atom stereocenters. The maximum atomic E-state index is 14.0. The highest BCUT2D eigenvalue weighted by Gasteiger charge is 2.30. The maximum Gasteiger partial charge on any atom is 0.341 e. The number of rotatable bonds is 7. The van der Waals surface area contributed by atoms with Crippen molar-refractivity contribution >= 4 is 39.1 Å². The lowest BCUT2D eigenvalue weighted by atomic mass is 9.85. The largest absolute Gasteiger partial charge is 0.497 e. The Bertz CT molecular complexity index is 1510. The first kappa shape index (κ1) is 25.9. The number of carbonyl (C=O) groups excluding carboxylic acids is 2. The molecular weight excluding hydrogens is 496 g/mol. The third-order valence-electron chi connectivity index (χ3n) is 7.38. The second kappa shape index (κ2) is 11.0. The van der Waals surface area contributed by atoms with Crippen molar-refractivity contribution in [3.8, 4) is 17.0 Å². The average Bonchev–Trinajstić information content (AvgIpc) is 3.29. The van der Waals surface area contributed by atoms with E-state index in [1.54, 1.807) is 14.0 Å². The Hall–Kier alpha value is -3.71. The lowest BCUT2D eigenvalue weighted by molar-refractivity contribution is 0.0526. The molecule has 0 bridgehead atoms. The van der Waals surface area contributed by atoms with Crippen LogP contribution in [0.5, 0.6) is 5.75 Å². The van der Waals surface area contributed by atoms with Gasteiger partial charge in [-0.1, -0.05) is 31.5 Å². The smallest absolute Gasteiger partial charge is 0.341 e. The number of hydrogen-bond donors (Lipinski definition) is 1. The highest BCUT2D eigenvalue weighted by atomic mass is 32.1. The first-order valence-corrected chi connectivity index (χ1v) is 13.9. The zero-order chi connectivity index (χ0) is 26.8. The van der Waals surface area contributed by atoms with Gasteiger partial charge in [0.25, 0.3) is 5.91 Å². The van der Waals surface area contributed by atoms with Crippen LogP contribution in [0.1, 0.15) is 63.4 Å². The van der Waals surface area contributed by atoms with Crippen molar-refractivity contribution in [1.82, 2.24) is 4.98 Å². The summed E-state index contributed by atoms with van der Waals surface area (Å²) in [7, 11) is 1.63. The third kappa shape index (κ3) is 4.78. The number of thiophene rings is 1. The van der Waals surface area contributed by atoms with Gasteiger partial charge in [0.2, 0.25) is 0 Å². The summed E-state index contributed by atoms with van der Waals surface area (Å²) in [5, 5.41) is 4.46. The van der Waals surface area contributed by atoms with Gasteiger partial charge in [-0.05, 0) is 80.5 Å². The Morgan fingerprint density at radius 3 is 2.55 bits per heavy atom. The molecule has 6 nitrogen and oxygen atoms in total. The minimum Gasteiger partial charge on any atom is -0.497 e. The Labute approximate surface area is 227 Å². The standard InChI is InChI=1S/C31H32N2O4S/c1-5-19-11-16-23-25(17-19)38-30(27(23)31(35)37-6-2)33-29(34)26-18(3)28(20-12-14-21(36-4)15-13-20)32-24-10-8-7-9-22(24)26/h7-10,12-15,19H,5-6,11,16-17H2,1-4H3,(H,33,34). The molecule has 0 saturated carbocycles. The fraction of sp³-hybridized carbons (Fsp3) is 0.323. The molecule has 38 heavy (non-hydrogen) atoms. The Kier molecular flexibility index (Phi) is 7.47. The lowest BCUT2D eigenvalue weighted by Crippen LogP contribution is -2.18. The van der Waals surface area contributed by atoms with Crippen molar-refractivity contribution < 1.29 is 19.1 Å². The second-order valence-corrected chi connectivity index (χ2v) is 10.7. The Morgan fingerprint density at radius 2 is 1.84 bits per heavy atom. The van der Waals surface area contributed by atoms with Crippen LogP contribution in [0.3, 0.4) is 0 Å². The molecule has 1 aliphatic carbocycles. The second-order valence-electron chi connectivity index (χ2n) is 9.61. The molecule has 2 heterocycles. The number of para-hydroxylation sites is 1. The highest BCUT2D eigenvalue weighted by molar-refractivity contribution is 7.17. The normalized spacial score (nSPS) is 14.7. The molecule has 5 rings (SSSR count). The van der Waals surface area contributed by atoms with Gasteiger partial charge in [-0.2, -0.15) is 0 Å². The number of anilines is 1. The fourth-order valence-corrected chi connectivity index (χ4v) is 6.65. The van der Waals surface area contributed by atoms with Gasteiger partial charge >= 0.3 is 5.97 Å². The molecule has 196 valence electrons. The predicted octanol–water partition coefficient (Wildman–Crippen LogP) is 7.22. The molecule has 0 radical (unpaired) electrons. The number of carbonyl (C=O) groups is 2. The predicted molar refractivity (Wildman–Crippen MR) is 153 cm³/mol. The minimum atomic E-state index is -0.370. The van der Waals surface area contributed by atoms with Crippen LogP contribution < -0.4 is 10.1 Å². The van der Waals surface area contributed by atoms with Crippen molar-refractivity contribution in [2.24, 2.45) is 5.92 Å². The first-order valence-electron chi connectivity index (χ1n) is 13.1. The van der Waals surface area contributed by atoms with Crippen LogP contribution in [0.2, 0.25) is 0 Å². The number of pyridine rings is 1. The zero-order valence-corrected chi connectivity index (χ0v) is 23.0. The summed E-state index contributed by atoms with van der Waals surface area (Å²) in [6, 6.07) is 15.3. The molecule has 1 amide bonds. The van der Waals surface area contributed by atoms with Crippen LogP contribution >= 0.6 is 11.3 Å². The van der Waals surface area contributed by atoms with Crippen LogP contribution in [-0.4, -0.2) is 30.6 Å². The lowest BCUT2D eigenvalue weighted by Gasteiger charge is -2.21. The van der Waals surface area contributed by atoms with Crippen molar-refractivity contribution in [3.05, 3.63) is 75.7 Å². The summed E-state index contributed by atoms with van der Waals surface area (Å²) in [4.78, 5) is 33.1. The Balaban J connectivity index is 1.60. The maximum absolute atomic E-state index is 14.0. The molecular formula is C31H32N2O4S. The summed E-state index contributed by atoms with van der Waals surface area (Å²) in [6.45, 7) is 6.21.